The van der Waals surface area contributed by atoms with Crippen LogP contribution in [0.25, 0.3) is 0 Å². The topological polar surface area (TPSA) is 38.0 Å². The van der Waals surface area contributed by atoms with Crippen molar-refractivity contribution in [2.45, 2.75) is 39.2 Å². The first-order chi connectivity index (χ1) is 8.18. The highest BCUT2D eigenvalue weighted by atomic mass is 14.9. The molecule has 0 aliphatic carbocycles. The minimum atomic E-state index is 0.298. The molecule has 0 aromatic heterocycles. The monoisotopic (exact) mass is 234 g/mol. The normalized spacial score (nSPS) is 12.9. The van der Waals surface area contributed by atoms with Gasteiger partial charge in [0.15, 0.2) is 0 Å². The van der Waals surface area contributed by atoms with Crippen LogP contribution in [0.3, 0.4) is 0 Å². The van der Waals surface area contributed by atoms with E-state index in [1.165, 1.54) is 12.0 Å². The molecular weight excluding hydrogens is 208 g/mol. The number of nitrogens with two attached hydrogens (primary N) is 1. The van der Waals surface area contributed by atoms with Crippen LogP contribution in [-0.2, 0) is 6.42 Å². The quantitative estimate of drug-likeness (QED) is 0.679. The minimum absolute atomic E-state index is 0.298. The third kappa shape index (κ3) is 7.14. The fourth-order valence-corrected chi connectivity index (χ4v) is 2.04. The molecule has 17 heavy (non-hydrogen) atoms. The Labute approximate surface area is 106 Å². The molecule has 2 nitrogen and oxygen atoms in total. The van der Waals surface area contributed by atoms with Gasteiger partial charge in [-0.25, -0.2) is 0 Å². The van der Waals surface area contributed by atoms with Crippen molar-refractivity contribution in [3.63, 3.8) is 0 Å². The fraction of sp³-hybridized carbons (Fsp3) is 0.600. The van der Waals surface area contributed by atoms with E-state index in [-0.39, 0.29) is 0 Å². The van der Waals surface area contributed by atoms with E-state index in [4.69, 9.17) is 5.73 Å². The summed E-state index contributed by atoms with van der Waals surface area (Å²) in [4.78, 5) is 0. The van der Waals surface area contributed by atoms with Crippen LogP contribution in [-0.4, -0.2) is 19.1 Å². The molecule has 96 valence electrons. The summed E-state index contributed by atoms with van der Waals surface area (Å²) in [5, 5.41) is 3.44. The molecule has 1 unspecified atom stereocenters. The largest absolute Gasteiger partial charge is 0.327 e. The summed E-state index contributed by atoms with van der Waals surface area (Å²) in [5.41, 5.74) is 7.42. The first kappa shape index (κ1) is 14.2. The van der Waals surface area contributed by atoms with Crippen LogP contribution in [0, 0.1) is 5.92 Å². The van der Waals surface area contributed by atoms with Gasteiger partial charge in [-0.2, -0.15) is 0 Å². The van der Waals surface area contributed by atoms with E-state index in [0.29, 0.717) is 12.0 Å². The molecule has 0 aliphatic rings. The molecule has 0 fully saturated rings. The molecule has 1 aromatic rings. The molecule has 0 saturated heterocycles. The van der Waals surface area contributed by atoms with E-state index in [0.717, 1.165) is 25.9 Å². The number of benzene rings is 1. The molecule has 0 radical (unpaired) electrons. The highest BCUT2D eigenvalue weighted by molar-refractivity contribution is 5.14. The van der Waals surface area contributed by atoms with Crippen molar-refractivity contribution < 1.29 is 0 Å². The van der Waals surface area contributed by atoms with E-state index in [1.54, 1.807) is 0 Å². The van der Waals surface area contributed by atoms with Crippen molar-refractivity contribution >= 4 is 0 Å². The molecule has 0 spiro atoms. The maximum atomic E-state index is 6.01. The Morgan fingerprint density at radius 2 is 1.88 bits per heavy atom. The highest BCUT2D eigenvalue weighted by Gasteiger charge is 2.04. The second kappa shape index (κ2) is 8.26. The molecular formula is C15H26N2. The van der Waals surface area contributed by atoms with Gasteiger partial charge in [-0.1, -0.05) is 44.2 Å². The molecule has 2 heteroatoms. The first-order valence-electron chi connectivity index (χ1n) is 6.68. The van der Waals surface area contributed by atoms with Crippen LogP contribution in [0.5, 0.6) is 0 Å². The minimum Gasteiger partial charge on any atom is -0.327 e. The van der Waals surface area contributed by atoms with Crippen molar-refractivity contribution in [1.29, 1.82) is 0 Å². The molecule has 0 amide bonds. The summed E-state index contributed by atoms with van der Waals surface area (Å²) < 4.78 is 0. The lowest BCUT2D eigenvalue weighted by Crippen LogP contribution is -2.35. The summed E-state index contributed by atoms with van der Waals surface area (Å²) in [6.45, 7) is 6.43. The SMILES string of the molecule is CC(C)CC(N)CNCCCc1ccccc1. The van der Waals surface area contributed by atoms with Crippen molar-refractivity contribution in [1.82, 2.24) is 5.32 Å². The van der Waals surface area contributed by atoms with E-state index in [9.17, 15) is 0 Å². The molecule has 0 saturated carbocycles. The number of hydrogen-bond donors (Lipinski definition) is 2. The van der Waals surface area contributed by atoms with E-state index in [2.05, 4.69) is 49.5 Å². The third-order valence-corrected chi connectivity index (χ3v) is 2.84. The van der Waals surface area contributed by atoms with E-state index >= 15 is 0 Å². The molecule has 0 bridgehead atoms. The van der Waals surface area contributed by atoms with Crippen LogP contribution in [0.1, 0.15) is 32.3 Å². The zero-order valence-electron chi connectivity index (χ0n) is 11.2. The first-order valence-corrected chi connectivity index (χ1v) is 6.68. The predicted molar refractivity (Wildman–Crippen MR) is 75.1 cm³/mol. The lowest BCUT2D eigenvalue weighted by atomic mass is 10.0. The highest BCUT2D eigenvalue weighted by Crippen LogP contribution is 2.03. The Balaban J connectivity index is 2.01. The van der Waals surface area contributed by atoms with Gasteiger partial charge in [-0.15, -0.1) is 0 Å². The van der Waals surface area contributed by atoms with Crippen LogP contribution in [0.4, 0.5) is 0 Å². The molecule has 1 aromatic carbocycles. The number of aryl methyl sites for hydroxylation is 1. The lowest BCUT2D eigenvalue weighted by Gasteiger charge is -2.14. The number of rotatable bonds is 8. The average molecular weight is 234 g/mol. The standard InChI is InChI=1S/C15H26N2/c1-13(2)11-15(16)12-17-10-6-9-14-7-4-3-5-8-14/h3-5,7-8,13,15,17H,6,9-12,16H2,1-2H3. The smallest absolute Gasteiger partial charge is 0.0167 e. The maximum Gasteiger partial charge on any atom is 0.0167 e. The van der Waals surface area contributed by atoms with Gasteiger partial charge in [0.2, 0.25) is 0 Å². The predicted octanol–water partition coefficient (Wildman–Crippen LogP) is 2.58. The fourth-order valence-electron chi connectivity index (χ4n) is 2.04. The Kier molecular flexibility index (Phi) is 6.90. The average Bonchev–Trinajstić information content (AvgIpc) is 2.29. The second-order valence-corrected chi connectivity index (χ2v) is 5.18. The summed E-state index contributed by atoms with van der Waals surface area (Å²) in [5.74, 6) is 0.691. The van der Waals surface area contributed by atoms with Crippen molar-refractivity contribution in [3.05, 3.63) is 35.9 Å². The van der Waals surface area contributed by atoms with Gasteiger partial charge in [-0.05, 0) is 37.3 Å². The Bertz CT molecular complexity index is 282. The third-order valence-electron chi connectivity index (χ3n) is 2.84. The summed E-state index contributed by atoms with van der Waals surface area (Å²) in [7, 11) is 0. The van der Waals surface area contributed by atoms with E-state index < -0.39 is 0 Å². The van der Waals surface area contributed by atoms with Gasteiger partial charge < -0.3 is 11.1 Å². The van der Waals surface area contributed by atoms with Crippen molar-refractivity contribution in [2.75, 3.05) is 13.1 Å². The van der Waals surface area contributed by atoms with Gasteiger partial charge in [-0.3, -0.25) is 0 Å². The molecule has 0 heterocycles. The van der Waals surface area contributed by atoms with E-state index in [1.807, 2.05) is 0 Å². The second-order valence-electron chi connectivity index (χ2n) is 5.18. The number of nitrogens with one attached hydrogen (secondary N) is 1. The van der Waals surface area contributed by atoms with Gasteiger partial charge in [0, 0.05) is 12.6 Å². The lowest BCUT2D eigenvalue weighted by molar-refractivity contribution is 0.466. The summed E-state index contributed by atoms with van der Waals surface area (Å²) >= 11 is 0. The molecule has 3 N–H and O–H groups in total. The molecule has 1 atom stereocenters. The van der Waals surface area contributed by atoms with Crippen LogP contribution in [0.2, 0.25) is 0 Å². The van der Waals surface area contributed by atoms with Gasteiger partial charge >= 0.3 is 0 Å². The Morgan fingerprint density at radius 3 is 2.53 bits per heavy atom. The molecule has 0 aliphatic heterocycles. The van der Waals surface area contributed by atoms with Crippen LogP contribution >= 0.6 is 0 Å². The van der Waals surface area contributed by atoms with Crippen molar-refractivity contribution in [2.24, 2.45) is 11.7 Å². The Hall–Kier alpha value is -0.860. The van der Waals surface area contributed by atoms with Crippen LogP contribution in [0.15, 0.2) is 30.3 Å². The zero-order valence-corrected chi connectivity index (χ0v) is 11.2. The number of hydrogen-bond acceptors (Lipinski definition) is 2. The molecule has 1 rings (SSSR count). The summed E-state index contributed by atoms with van der Waals surface area (Å²) in [6.07, 6.45) is 3.43. The van der Waals surface area contributed by atoms with Gasteiger partial charge in [0.05, 0.1) is 0 Å². The Morgan fingerprint density at radius 1 is 1.18 bits per heavy atom. The van der Waals surface area contributed by atoms with Crippen molar-refractivity contribution in [3.8, 4) is 0 Å². The maximum absolute atomic E-state index is 6.01. The van der Waals surface area contributed by atoms with Gasteiger partial charge in [0.1, 0.15) is 0 Å². The van der Waals surface area contributed by atoms with Crippen LogP contribution < -0.4 is 11.1 Å². The van der Waals surface area contributed by atoms with Gasteiger partial charge in [0.25, 0.3) is 0 Å². The zero-order chi connectivity index (χ0) is 12.5. The summed E-state index contributed by atoms with van der Waals surface area (Å²) in [6, 6.07) is 10.9.